The van der Waals surface area contributed by atoms with E-state index in [-0.39, 0.29) is 6.09 Å². The zero-order chi connectivity index (χ0) is 28.5. The van der Waals surface area contributed by atoms with Crippen molar-refractivity contribution in [3.63, 3.8) is 0 Å². The van der Waals surface area contributed by atoms with E-state index in [1.54, 1.807) is 23.1 Å². The molecule has 1 amide bonds. The average Bonchev–Trinajstić information content (AvgIpc) is 2.93. The van der Waals surface area contributed by atoms with Gasteiger partial charge in [0.15, 0.2) is 0 Å². The number of nitriles is 1. The Bertz CT molecular complexity index is 1370. The third kappa shape index (κ3) is 8.03. The van der Waals surface area contributed by atoms with Gasteiger partial charge >= 0.3 is 6.09 Å². The first-order chi connectivity index (χ1) is 19.2. The van der Waals surface area contributed by atoms with E-state index in [0.29, 0.717) is 37.6 Å². The smallest absolute Gasteiger partial charge is 0.410 e. The van der Waals surface area contributed by atoms with Crippen molar-refractivity contribution in [2.75, 3.05) is 25.1 Å². The van der Waals surface area contributed by atoms with Crippen LogP contribution in [0.25, 0.3) is 0 Å². The van der Waals surface area contributed by atoms with Crippen LogP contribution in [0.15, 0.2) is 73.3 Å². The maximum atomic E-state index is 12.5. The number of hydrogen-bond donors (Lipinski definition) is 1. The molecule has 1 N–H and O–H groups in total. The highest BCUT2D eigenvalue weighted by Crippen LogP contribution is 2.27. The zero-order valence-electron chi connectivity index (χ0n) is 23.5. The van der Waals surface area contributed by atoms with Crippen molar-refractivity contribution in [3.05, 3.63) is 95.6 Å². The van der Waals surface area contributed by atoms with Crippen molar-refractivity contribution in [2.24, 2.45) is 0 Å². The lowest BCUT2D eigenvalue weighted by Crippen LogP contribution is -2.40. The molecule has 0 radical (unpaired) electrons. The van der Waals surface area contributed by atoms with E-state index in [1.165, 1.54) is 16.7 Å². The highest BCUT2D eigenvalue weighted by atomic mass is 16.6. The standard InChI is InChI=1S/C33H37N3O4/c1-5-17-38-29-13-11-27(12-14-29)35-28-19-24(22-34)20-30(21-28)39-18-7-10-25-8-6-9-26-23-36(16-15-31(25)26)32(37)40-33(2,3)4/h5-6,8-9,11-14,19-21,35H,1,7,10,15-18,23H2,2-4H3. The number of carbonyl (C=O) groups excluding carboxylic acids is 1. The number of nitrogens with zero attached hydrogens (tertiary/aromatic N) is 2. The summed E-state index contributed by atoms with van der Waals surface area (Å²) < 4.78 is 17.2. The predicted molar refractivity (Wildman–Crippen MR) is 157 cm³/mol. The lowest BCUT2D eigenvalue weighted by molar-refractivity contribution is 0.0223. The second-order valence-corrected chi connectivity index (χ2v) is 10.8. The molecule has 0 aromatic heterocycles. The second-order valence-electron chi connectivity index (χ2n) is 10.8. The van der Waals surface area contributed by atoms with Crippen molar-refractivity contribution in [2.45, 2.75) is 52.2 Å². The monoisotopic (exact) mass is 539 g/mol. The number of hydrogen-bond acceptors (Lipinski definition) is 6. The highest BCUT2D eigenvalue weighted by Gasteiger charge is 2.26. The fourth-order valence-electron chi connectivity index (χ4n) is 4.63. The summed E-state index contributed by atoms with van der Waals surface area (Å²) in [5.41, 5.74) is 5.46. The molecule has 1 heterocycles. The van der Waals surface area contributed by atoms with Crippen molar-refractivity contribution < 1.29 is 19.0 Å². The Labute approximate surface area is 237 Å². The van der Waals surface area contributed by atoms with E-state index in [4.69, 9.17) is 14.2 Å². The molecule has 40 heavy (non-hydrogen) atoms. The summed E-state index contributed by atoms with van der Waals surface area (Å²) in [6.07, 6.45) is 3.96. The number of fused-ring (bicyclic) bond motifs is 1. The molecular weight excluding hydrogens is 502 g/mol. The number of benzene rings is 3. The SMILES string of the molecule is C=CCOc1ccc(Nc2cc(C#N)cc(OCCCc3cccc4c3CCN(C(=O)OC(C)(C)C)C4)c2)cc1. The van der Waals surface area contributed by atoms with Gasteiger partial charge in [0, 0.05) is 30.5 Å². The van der Waals surface area contributed by atoms with Gasteiger partial charge < -0.3 is 24.4 Å². The number of aryl methyl sites for hydroxylation is 1. The maximum Gasteiger partial charge on any atom is 0.410 e. The molecule has 0 saturated heterocycles. The topological polar surface area (TPSA) is 83.8 Å². The normalized spacial score (nSPS) is 12.6. The van der Waals surface area contributed by atoms with Crippen LogP contribution < -0.4 is 14.8 Å². The molecule has 4 rings (SSSR count). The van der Waals surface area contributed by atoms with Crippen LogP contribution in [0.4, 0.5) is 16.2 Å². The number of amides is 1. The molecule has 208 valence electrons. The van der Waals surface area contributed by atoms with Crippen LogP contribution in [0.5, 0.6) is 11.5 Å². The number of carbonyl (C=O) groups is 1. The Kier molecular flexibility index (Phi) is 9.34. The number of anilines is 2. The van der Waals surface area contributed by atoms with Crippen LogP contribution in [-0.4, -0.2) is 36.4 Å². The van der Waals surface area contributed by atoms with Crippen LogP contribution in [0.3, 0.4) is 0 Å². The third-order valence-corrected chi connectivity index (χ3v) is 6.42. The number of rotatable bonds is 10. The number of nitrogens with one attached hydrogen (secondary N) is 1. The van der Waals surface area contributed by atoms with Gasteiger partial charge in [0.2, 0.25) is 0 Å². The molecule has 0 fully saturated rings. The lowest BCUT2D eigenvalue weighted by atomic mass is 9.92. The van der Waals surface area contributed by atoms with Crippen LogP contribution >= 0.6 is 0 Å². The molecule has 0 atom stereocenters. The molecule has 0 spiro atoms. The summed E-state index contributed by atoms with van der Waals surface area (Å²) in [5, 5.41) is 12.9. The Balaban J connectivity index is 1.32. The number of ether oxygens (including phenoxy) is 3. The van der Waals surface area contributed by atoms with E-state index in [0.717, 1.165) is 36.4 Å². The van der Waals surface area contributed by atoms with Crippen LogP contribution in [0.2, 0.25) is 0 Å². The molecule has 3 aromatic carbocycles. The largest absolute Gasteiger partial charge is 0.493 e. The summed E-state index contributed by atoms with van der Waals surface area (Å²) in [5.74, 6) is 1.41. The molecule has 1 aliphatic heterocycles. The van der Waals surface area contributed by atoms with E-state index < -0.39 is 5.60 Å². The summed E-state index contributed by atoms with van der Waals surface area (Å²) in [6.45, 7) is 11.5. The van der Waals surface area contributed by atoms with E-state index in [1.807, 2.05) is 51.1 Å². The predicted octanol–water partition coefficient (Wildman–Crippen LogP) is 7.17. The van der Waals surface area contributed by atoms with Gasteiger partial charge in [-0.25, -0.2) is 4.79 Å². The lowest BCUT2D eigenvalue weighted by Gasteiger charge is -2.32. The van der Waals surface area contributed by atoms with Gasteiger partial charge in [-0.05, 0) is 93.1 Å². The van der Waals surface area contributed by atoms with Gasteiger partial charge in [-0.1, -0.05) is 30.9 Å². The fraction of sp³-hybridized carbons (Fsp3) is 0.333. The van der Waals surface area contributed by atoms with Gasteiger partial charge in [0.05, 0.1) is 18.2 Å². The Morgan fingerprint density at radius 3 is 2.60 bits per heavy atom. The molecule has 0 aliphatic carbocycles. The minimum absolute atomic E-state index is 0.264. The first kappa shape index (κ1) is 28.6. The van der Waals surface area contributed by atoms with Crippen molar-refractivity contribution >= 4 is 17.5 Å². The first-order valence-corrected chi connectivity index (χ1v) is 13.6. The first-order valence-electron chi connectivity index (χ1n) is 13.6. The van der Waals surface area contributed by atoms with Gasteiger partial charge in [-0.2, -0.15) is 5.26 Å². The van der Waals surface area contributed by atoms with Crippen molar-refractivity contribution in [1.82, 2.24) is 4.90 Å². The Hall–Kier alpha value is -4.44. The molecule has 7 nitrogen and oxygen atoms in total. The minimum atomic E-state index is -0.505. The molecule has 0 unspecified atom stereocenters. The molecule has 3 aromatic rings. The summed E-state index contributed by atoms with van der Waals surface area (Å²) in [4.78, 5) is 14.3. The second kappa shape index (κ2) is 13.1. The van der Waals surface area contributed by atoms with Gasteiger partial charge in [-0.15, -0.1) is 0 Å². The Morgan fingerprint density at radius 1 is 1.07 bits per heavy atom. The molecular formula is C33H37N3O4. The summed E-state index contributed by atoms with van der Waals surface area (Å²) >= 11 is 0. The molecule has 0 bridgehead atoms. The highest BCUT2D eigenvalue weighted by molar-refractivity contribution is 5.69. The fourth-order valence-corrected chi connectivity index (χ4v) is 4.63. The molecule has 1 aliphatic rings. The van der Waals surface area contributed by atoms with Gasteiger partial charge in [0.1, 0.15) is 23.7 Å². The van der Waals surface area contributed by atoms with Crippen molar-refractivity contribution in [3.8, 4) is 17.6 Å². The van der Waals surface area contributed by atoms with E-state index in [2.05, 4.69) is 36.2 Å². The molecule has 7 heteroatoms. The van der Waals surface area contributed by atoms with Crippen LogP contribution in [0, 0.1) is 11.3 Å². The minimum Gasteiger partial charge on any atom is -0.493 e. The zero-order valence-corrected chi connectivity index (χ0v) is 23.5. The van der Waals surface area contributed by atoms with E-state index >= 15 is 0 Å². The van der Waals surface area contributed by atoms with Crippen LogP contribution in [0.1, 0.15) is 49.4 Å². The van der Waals surface area contributed by atoms with Crippen LogP contribution in [-0.2, 0) is 24.1 Å². The van der Waals surface area contributed by atoms with E-state index in [9.17, 15) is 10.1 Å². The molecule has 0 saturated carbocycles. The van der Waals surface area contributed by atoms with Crippen molar-refractivity contribution in [1.29, 1.82) is 5.26 Å². The summed E-state index contributed by atoms with van der Waals surface area (Å²) in [6, 6.07) is 21.6. The Morgan fingerprint density at radius 2 is 1.88 bits per heavy atom. The van der Waals surface area contributed by atoms with Gasteiger partial charge in [0.25, 0.3) is 0 Å². The average molecular weight is 540 g/mol. The van der Waals surface area contributed by atoms with Gasteiger partial charge in [-0.3, -0.25) is 0 Å². The maximum absolute atomic E-state index is 12.5. The summed E-state index contributed by atoms with van der Waals surface area (Å²) in [7, 11) is 0. The third-order valence-electron chi connectivity index (χ3n) is 6.42. The quantitative estimate of drug-likeness (QED) is 0.217.